The molecule has 0 aliphatic carbocycles. The lowest BCUT2D eigenvalue weighted by atomic mass is 10.1. The van der Waals surface area contributed by atoms with Crippen molar-refractivity contribution in [3.63, 3.8) is 0 Å². The maximum absolute atomic E-state index is 11.1. The number of carboxylic acids is 1. The van der Waals surface area contributed by atoms with E-state index in [0.717, 1.165) is 11.1 Å². The summed E-state index contributed by atoms with van der Waals surface area (Å²) in [5.41, 5.74) is 2.28. The molecule has 0 bridgehead atoms. The van der Waals surface area contributed by atoms with E-state index in [0.29, 0.717) is 17.3 Å². The van der Waals surface area contributed by atoms with Crippen LogP contribution in [0.4, 0.5) is 0 Å². The zero-order valence-electron chi connectivity index (χ0n) is 13.4. The Morgan fingerprint density at radius 1 is 0.885 bits per heavy atom. The summed E-state index contributed by atoms with van der Waals surface area (Å²) in [6, 6.07) is 10.5. The van der Waals surface area contributed by atoms with E-state index in [1.165, 1.54) is 10.7 Å². The van der Waals surface area contributed by atoms with Crippen LogP contribution in [0.5, 0.6) is 0 Å². The topological polar surface area (TPSA) is 107 Å². The second-order valence-electron chi connectivity index (χ2n) is 5.36. The number of hydrogen-bond acceptors (Lipinski definition) is 6. The molecule has 0 radical (unpaired) electrons. The van der Waals surface area contributed by atoms with E-state index in [2.05, 4.69) is 25.0 Å². The first-order valence-corrected chi connectivity index (χ1v) is 7.70. The van der Waals surface area contributed by atoms with Crippen LogP contribution < -0.4 is 0 Å². The first-order chi connectivity index (χ1) is 12.7. The van der Waals surface area contributed by atoms with Crippen molar-refractivity contribution < 1.29 is 9.90 Å². The third-order valence-electron chi connectivity index (χ3n) is 3.67. The summed E-state index contributed by atoms with van der Waals surface area (Å²) in [5, 5.41) is 13.1. The molecule has 0 aromatic carbocycles. The van der Waals surface area contributed by atoms with Crippen LogP contribution in [0, 0.1) is 0 Å². The highest BCUT2D eigenvalue weighted by Crippen LogP contribution is 2.23. The molecule has 0 unspecified atom stereocenters. The Kier molecular flexibility index (Phi) is 3.91. The first kappa shape index (κ1) is 15.6. The summed E-state index contributed by atoms with van der Waals surface area (Å²) in [7, 11) is 0. The molecule has 26 heavy (non-hydrogen) atoms. The number of aromatic carboxylic acids is 1. The van der Waals surface area contributed by atoms with E-state index in [1.54, 1.807) is 49.2 Å². The SMILES string of the molecule is O=C(O)c1ccn(-c2cc(-c3ccncc3)nc(-c3ccncc3)n2)n1. The molecule has 0 aliphatic heterocycles. The van der Waals surface area contributed by atoms with Crippen molar-refractivity contribution in [2.75, 3.05) is 0 Å². The van der Waals surface area contributed by atoms with Crippen LogP contribution in [0.25, 0.3) is 28.5 Å². The molecular weight excluding hydrogens is 332 g/mol. The second kappa shape index (κ2) is 6.52. The Balaban J connectivity index is 1.89. The molecule has 4 rings (SSSR count). The number of carboxylic acid groups (broad SMARTS) is 1. The zero-order valence-corrected chi connectivity index (χ0v) is 13.4. The summed E-state index contributed by atoms with van der Waals surface area (Å²) in [6.45, 7) is 0. The van der Waals surface area contributed by atoms with Gasteiger partial charge in [0.15, 0.2) is 17.3 Å². The second-order valence-corrected chi connectivity index (χ2v) is 5.36. The van der Waals surface area contributed by atoms with Crippen molar-refractivity contribution in [3.05, 3.63) is 73.1 Å². The van der Waals surface area contributed by atoms with Gasteiger partial charge >= 0.3 is 5.97 Å². The molecule has 4 heterocycles. The maximum atomic E-state index is 11.1. The van der Waals surface area contributed by atoms with Crippen molar-refractivity contribution in [1.82, 2.24) is 29.7 Å². The number of nitrogens with zero attached hydrogens (tertiary/aromatic N) is 6. The van der Waals surface area contributed by atoms with Gasteiger partial charge in [0, 0.05) is 48.2 Å². The molecule has 4 aromatic heterocycles. The van der Waals surface area contributed by atoms with Crippen LogP contribution in [0.1, 0.15) is 10.5 Å². The van der Waals surface area contributed by atoms with Crippen LogP contribution in [0.3, 0.4) is 0 Å². The number of rotatable bonds is 4. The smallest absolute Gasteiger partial charge is 0.356 e. The van der Waals surface area contributed by atoms with Gasteiger partial charge in [0.25, 0.3) is 0 Å². The molecule has 0 saturated carbocycles. The first-order valence-electron chi connectivity index (χ1n) is 7.70. The van der Waals surface area contributed by atoms with Crippen molar-refractivity contribution in [3.8, 4) is 28.5 Å². The summed E-state index contributed by atoms with van der Waals surface area (Å²) in [4.78, 5) is 28.3. The van der Waals surface area contributed by atoms with E-state index in [1.807, 2.05) is 12.1 Å². The molecule has 126 valence electrons. The van der Waals surface area contributed by atoms with Crippen LogP contribution in [0.15, 0.2) is 67.4 Å². The molecule has 4 aromatic rings. The molecule has 1 N–H and O–H groups in total. The van der Waals surface area contributed by atoms with Crippen molar-refractivity contribution in [1.29, 1.82) is 0 Å². The lowest BCUT2D eigenvalue weighted by Crippen LogP contribution is -2.05. The van der Waals surface area contributed by atoms with E-state index in [4.69, 9.17) is 5.11 Å². The van der Waals surface area contributed by atoms with Gasteiger partial charge in [-0.3, -0.25) is 9.97 Å². The molecule has 0 atom stereocenters. The van der Waals surface area contributed by atoms with Gasteiger partial charge in [0.1, 0.15) is 0 Å². The quantitative estimate of drug-likeness (QED) is 0.606. The highest BCUT2D eigenvalue weighted by atomic mass is 16.4. The Labute approximate surface area is 147 Å². The average Bonchev–Trinajstić information content (AvgIpc) is 3.20. The Bertz CT molecular complexity index is 1010. The van der Waals surface area contributed by atoms with Crippen molar-refractivity contribution in [2.45, 2.75) is 0 Å². The fourth-order valence-corrected chi connectivity index (χ4v) is 2.42. The third-order valence-corrected chi connectivity index (χ3v) is 3.67. The number of carbonyl (C=O) groups is 1. The van der Waals surface area contributed by atoms with Gasteiger partial charge in [0.05, 0.1) is 5.69 Å². The lowest BCUT2D eigenvalue weighted by Gasteiger charge is -2.08. The molecule has 8 heteroatoms. The summed E-state index contributed by atoms with van der Waals surface area (Å²) in [6.07, 6.45) is 8.24. The largest absolute Gasteiger partial charge is 0.476 e. The third kappa shape index (κ3) is 3.03. The van der Waals surface area contributed by atoms with E-state index < -0.39 is 5.97 Å². The van der Waals surface area contributed by atoms with Gasteiger partial charge in [-0.25, -0.2) is 19.4 Å². The van der Waals surface area contributed by atoms with Gasteiger partial charge in [0.2, 0.25) is 0 Å². The Morgan fingerprint density at radius 2 is 1.54 bits per heavy atom. The van der Waals surface area contributed by atoms with Gasteiger partial charge < -0.3 is 5.11 Å². The molecule has 0 aliphatic rings. The number of hydrogen-bond donors (Lipinski definition) is 1. The van der Waals surface area contributed by atoms with Crippen LogP contribution in [-0.4, -0.2) is 40.8 Å². The van der Waals surface area contributed by atoms with Crippen LogP contribution in [-0.2, 0) is 0 Å². The van der Waals surface area contributed by atoms with Crippen LogP contribution in [0.2, 0.25) is 0 Å². The predicted octanol–water partition coefficient (Wildman–Crippen LogP) is 2.48. The minimum absolute atomic E-state index is 0.0560. The van der Waals surface area contributed by atoms with Crippen LogP contribution >= 0.6 is 0 Å². The highest BCUT2D eigenvalue weighted by Gasteiger charge is 2.13. The fraction of sp³-hybridized carbons (Fsp3) is 0. The highest BCUT2D eigenvalue weighted by molar-refractivity contribution is 5.85. The van der Waals surface area contributed by atoms with Gasteiger partial charge in [-0.1, -0.05) is 0 Å². The summed E-state index contributed by atoms with van der Waals surface area (Å²) >= 11 is 0. The molecule has 0 saturated heterocycles. The van der Waals surface area contributed by atoms with Gasteiger partial charge in [-0.05, 0) is 30.3 Å². The maximum Gasteiger partial charge on any atom is 0.356 e. The summed E-state index contributed by atoms with van der Waals surface area (Å²) in [5.74, 6) is -0.142. The monoisotopic (exact) mass is 344 g/mol. The fourth-order valence-electron chi connectivity index (χ4n) is 2.42. The number of aromatic nitrogens is 6. The summed E-state index contributed by atoms with van der Waals surface area (Å²) < 4.78 is 1.42. The molecule has 0 fully saturated rings. The van der Waals surface area contributed by atoms with Crippen molar-refractivity contribution in [2.24, 2.45) is 0 Å². The molecular formula is C18H12N6O2. The standard InChI is InChI=1S/C18H12N6O2/c25-18(26)14-5-10-24(23-14)16-11-15(12-1-6-19-7-2-12)21-17(22-16)13-3-8-20-9-4-13/h1-11H,(H,25,26). The minimum Gasteiger partial charge on any atom is -0.476 e. The van der Waals surface area contributed by atoms with Gasteiger partial charge in [-0.2, -0.15) is 5.10 Å². The normalized spacial score (nSPS) is 10.6. The van der Waals surface area contributed by atoms with E-state index in [-0.39, 0.29) is 5.69 Å². The lowest BCUT2D eigenvalue weighted by molar-refractivity contribution is 0.0690. The van der Waals surface area contributed by atoms with E-state index >= 15 is 0 Å². The Hall–Kier alpha value is -3.94. The zero-order chi connectivity index (χ0) is 17.9. The number of pyridine rings is 2. The molecule has 0 amide bonds. The predicted molar refractivity (Wildman–Crippen MR) is 92.6 cm³/mol. The average molecular weight is 344 g/mol. The molecule has 0 spiro atoms. The van der Waals surface area contributed by atoms with E-state index in [9.17, 15) is 4.79 Å². The minimum atomic E-state index is -1.10. The van der Waals surface area contributed by atoms with Crippen molar-refractivity contribution >= 4 is 5.97 Å². The van der Waals surface area contributed by atoms with Gasteiger partial charge in [-0.15, -0.1) is 0 Å². The Morgan fingerprint density at radius 3 is 2.15 bits per heavy atom. The molecule has 8 nitrogen and oxygen atoms in total.